The Labute approximate surface area is 392 Å². The number of allylic oxidation sites excluding steroid dienone is 1. The van der Waals surface area contributed by atoms with Gasteiger partial charge < -0.3 is 38.7 Å². The zero-order valence-corrected chi connectivity index (χ0v) is 38.6. The molecule has 0 aromatic heterocycles. The van der Waals surface area contributed by atoms with Crippen LogP contribution in [0.5, 0.6) is 11.5 Å². The van der Waals surface area contributed by atoms with E-state index in [1.807, 2.05) is 60.7 Å². The molecule has 1 saturated carbocycles. The van der Waals surface area contributed by atoms with E-state index < -0.39 is 29.7 Å². The molecule has 0 spiro atoms. The number of aliphatic hydroxyl groups is 2. The Morgan fingerprint density at radius 3 is 2.39 bits per heavy atom. The van der Waals surface area contributed by atoms with Gasteiger partial charge in [-0.1, -0.05) is 90.8 Å². The number of hydrogen-bond donors (Lipinski definition) is 2. The van der Waals surface area contributed by atoms with Crippen LogP contribution in [0.1, 0.15) is 67.6 Å². The molecule has 4 aromatic carbocycles. The zero-order chi connectivity index (χ0) is 46.1. The zero-order valence-electron chi connectivity index (χ0n) is 37.8. The standard InChI is InChI=1S/C53H63FN2O9S/c1-3-28-64-53-49(56(36-38-20-22-41(54)23-21-38)52(59)63-30-29-61-37-39-14-6-4-7-15-39)35-47(55-60-2)45-33-40(16-10-12-26-57)44(19-11-13-27-58)50(51(45)53)46-34-42(24-25-48(46)65-53)62-31-32-66-43-17-8-5-9-18-43/h3-9,14-15,17-18,20-25,33-34,40,44,49-51,57-58H,1,10-13,16,19,26-32,35-37H2,2H3. The van der Waals surface area contributed by atoms with Crippen molar-refractivity contribution in [2.24, 2.45) is 22.9 Å². The SMILES string of the molecule is C=CCOC12Oc3ccc(OCCSc4ccccc4)cc3C3C(CCCCO)C(CCCCO)C=C(C(=NOC)CC1N(Cc1ccc(F)cc1)C(=O)OCCOCc1ccccc1)C32. The van der Waals surface area contributed by atoms with Crippen LogP contribution >= 0.6 is 11.8 Å². The second-order valence-corrected chi connectivity index (χ2v) is 18.0. The highest BCUT2D eigenvalue weighted by atomic mass is 32.2. The minimum absolute atomic E-state index is 0.0200. The van der Waals surface area contributed by atoms with E-state index in [2.05, 4.69) is 36.0 Å². The summed E-state index contributed by atoms with van der Waals surface area (Å²) in [6.45, 7) is 5.33. The van der Waals surface area contributed by atoms with Gasteiger partial charge in [-0.25, -0.2) is 9.18 Å². The second kappa shape index (κ2) is 24.5. The van der Waals surface area contributed by atoms with E-state index in [-0.39, 0.29) is 63.8 Å². The Morgan fingerprint density at radius 1 is 0.924 bits per heavy atom. The Hall–Kier alpha value is -5.18. The van der Waals surface area contributed by atoms with Crippen LogP contribution in [0.4, 0.5) is 9.18 Å². The molecule has 66 heavy (non-hydrogen) atoms. The normalized spacial score (nSPS) is 22.3. The highest BCUT2D eigenvalue weighted by molar-refractivity contribution is 7.99. The lowest BCUT2D eigenvalue weighted by atomic mass is 9.55. The predicted octanol–water partition coefficient (Wildman–Crippen LogP) is 10.1. The number of halogens is 1. The molecule has 6 atom stereocenters. The number of thioether (sulfide) groups is 1. The quantitative estimate of drug-likeness (QED) is 0.0287. The van der Waals surface area contributed by atoms with Gasteiger partial charge in [-0.2, -0.15) is 0 Å². The smallest absolute Gasteiger partial charge is 0.410 e. The van der Waals surface area contributed by atoms with Gasteiger partial charge in [0.2, 0.25) is 5.79 Å². The van der Waals surface area contributed by atoms with Crippen LogP contribution in [0, 0.1) is 23.6 Å². The molecule has 1 fully saturated rings. The van der Waals surface area contributed by atoms with Crippen LogP contribution in [0.3, 0.4) is 0 Å². The molecule has 3 aliphatic rings. The number of benzene rings is 4. The first-order valence-electron chi connectivity index (χ1n) is 23.1. The summed E-state index contributed by atoms with van der Waals surface area (Å²) in [5, 5.41) is 24.6. The number of unbranched alkanes of at least 4 members (excludes halogenated alkanes) is 2. The van der Waals surface area contributed by atoms with Gasteiger partial charge in [-0.3, -0.25) is 4.90 Å². The lowest BCUT2D eigenvalue weighted by molar-refractivity contribution is -0.256. The number of carbonyl (C=O) groups excluding carboxylic acids is 1. The minimum Gasteiger partial charge on any atom is -0.493 e. The largest absolute Gasteiger partial charge is 0.493 e. The maximum absolute atomic E-state index is 14.8. The third kappa shape index (κ3) is 12.0. The van der Waals surface area contributed by atoms with Crippen LogP contribution in [-0.2, 0) is 32.2 Å². The average molecular weight is 923 g/mol. The fraction of sp³-hybridized carbons (Fsp3) is 0.434. The number of amides is 1. The minimum atomic E-state index is -1.51. The highest BCUT2D eigenvalue weighted by Gasteiger charge is 2.65. The molecule has 1 amide bonds. The number of carbonyl (C=O) groups is 1. The van der Waals surface area contributed by atoms with Crippen LogP contribution in [0.2, 0.25) is 0 Å². The van der Waals surface area contributed by atoms with Gasteiger partial charge in [0.05, 0.1) is 38.1 Å². The van der Waals surface area contributed by atoms with Crippen LogP contribution < -0.4 is 9.47 Å². The maximum Gasteiger partial charge on any atom is 0.410 e. The van der Waals surface area contributed by atoms with Crippen molar-refractivity contribution >= 4 is 23.6 Å². The van der Waals surface area contributed by atoms with Crippen molar-refractivity contribution < 1.29 is 47.9 Å². The summed E-state index contributed by atoms with van der Waals surface area (Å²) in [6.07, 6.45) is 8.04. The lowest BCUT2D eigenvalue weighted by Gasteiger charge is -2.59. The number of hydrogen-bond acceptors (Lipinski definition) is 11. The molecular weight excluding hydrogens is 860 g/mol. The van der Waals surface area contributed by atoms with Crippen LogP contribution in [0.25, 0.3) is 0 Å². The van der Waals surface area contributed by atoms with E-state index in [0.29, 0.717) is 48.8 Å². The number of rotatable bonds is 25. The van der Waals surface area contributed by atoms with Gasteiger partial charge in [0.15, 0.2) is 0 Å². The Balaban J connectivity index is 1.31. The predicted molar refractivity (Wildman–Crippen MR) is 254 cm³/mol. The molecular formula is C53H63FN2O9S. The van der Waals surface area contributed by atoms with Crippen LogP contribution in [-0.4, -0.2) is 91.3 Å². The first-order valence-corrected chi connectivity index (χ1v) is 24.1. The third-order valence-corrected chi connectivity index (χ3v) is 13.6. The second-order valence-electron chi connectivity index (χ2n) is 16.9. The Bertz CT molecular complexity index is 2210. The summed E-state index contributed by atoms with van der Waals surface area (Å²) in [7, 11) is 1.52. The maximum atomic E-state index is 14.8. The average Bonchev–Trinajstić information content (AvgIpc) is 3.34. The Kier molecular flexibility index (Phi) is 18.1. The molecule has 2 aliphatic carbocycles. The molecule has 352 valence electrons. The van der Waals surface area contributed by atoms with Gasteiger partial charge in [0.25, 0.3) is 0 Å². The lowest BCUT2D eigenvalue weighted by Crippen LogP contribution is -2.70. The molecule has 1 aliphatic heterocycles. The number of ether oxygens (including phenoxy) is 5. The number of nitrogens with zero attached hydrogens (tertiary/aromatic N) is 2. The molecule has 0 radical (unpaired) electrons. The van der Waals surface area contributed by atoms with Crippen molar-refractivity contribution in [3.63, 3.8) is 0 Å². The first kappa shape index (κ1) is 48.7. The van der Waals surface area contributed by atoms with Crippen molar-refractivity contribution in [3.05, 3.63) is 150 Å². The van der Waals surface area contributed by atoms with Crippen molar-refractivity contribution in [2.75, 3.05) is 52.5 Å². The number of fused-ring (bicyclic) bond motifs is 2. The van der Waals surface area contributed by atoms with Crippen molar-refractivity contribution in [1.29, 1.82) is 0 Å². The van der Waals surface area contributed by atoms with Crippen molar-refractivity contribution in [1.82, 2.24) is 4.90 Å². The number of aliphatic hydroxyl groups excluding tert-OH is 2. The fourth-order valence-corrected chi connectivity index (χ4v) is 10.6. The summed E-state index contributed by atoms with van der Waals surface area (Å²) >= 11 is 1.73. The molecule has 0 bridgehead atoms. The monoisotopic (exact) mass is 922 g/mol. The summed E-state index contributed by atoms with van der Waals surface area (Å²) in [5.74, 6) is -0.493. The van der Waals surface area contributed by atoms with Gasteiger partial charge in [-0.15, -0.1) is 18.3 Å². The summed E-state index contributed by atoms with van der Waals surface area (Å²) in [4.78, 5) is 23.2. The Morgan fingerprint density at radius 2 is 1.67 bits per heavy atom. The fourth-order valence-electron chi connectivity index (χ4n) is 9.81. The molecule has 4 aromatic rings. The molecule has 13 heteroatoms. The number of oxime groups is 1. The summed E-state index contributed by atoms with van der Waals surface area (Å²) in [6, 6.07) is 31.2. The van der Waals surface area contributed by atoms with Gasteiger partial charge in [0.1, 0.15) is 37.1 Å². The van der Waals surface area contributed by atoms with E-state index in [1.165, 1.54) is 24.1 Å². The van der Waals surface area contributed by atoms with E-state index in [9.17, 15) is 19.4 Å². The highest BCUT2D eigenvalue weighted by Crippen LogP contribution is 2.62. The van der Waals surface area contributed by atoms with E-state index in [4.69, 9.17) is 28.5 Å². The van der Waals surface area contributed by atoms with Gasteiger partial charge in [0, 0.05) is 48.3 Å². The van der Waals surface area contributed by atoms with E-state index in [0.717, 1.165) is 48.1 Å². The van der Waals surface area contributed by atoms with Gasteiger partial charge in [-0.05, 0) is 96.7 Å². The summed E-state index contributed by atoms with van der Waals surface area (Å²) in [5.41, 5.74) is 4.20. The van der Waals surface area contributed by atoms with Gasteiger partial charge >= 0.3 is 6.09 Å². The van der Waals surface area contributed by atoms with E-state index in [1.54, 1.807) is 34.9 Å². The molecule has 7 rings (SSSR count). The third-order valence-electron chi connectivity index (χ3n) is 12.7. The molecule has 0 saturated heterocycles. The summed E-state index contributed by atoms with van der Waals surface area (Å²) < 4.78 is 47.2. The molecule has 6 unspecified atom stereocenters. The molecule has 11 nitrogen and oxygen atoms in total. The molecule has 2 N–H and O–H groups in total. The topological polar surface area (TPSA) is 129 Å². The van der Waals surface area contributed by atoms with Crippen LogP contribution in [0.15, 0.2) is 137 Å². The van der Waals surface area contributed by atoms with E-state index >= 15 is 0 Å². The van der Waals surface area contributed by atoms with Crippen molar-refractivity contribution in [2.45, 2.75) is 80.7 Å². The van der Waals surface area contributed by atoms with Crippen molar-refractivity contribution in [3.8, 4) is 11.5 Å². The first-order chi connectivity index (χ1) is 32.4. The molecule has 1 heterocycles.